The highest BCUT2D eigenvalue weighted by Gasteiger charge is 2.16. The molecule has 1 aromatic carbocycles. The first-order valence-electron chi connectivity index (χ1n) is 6.36. The van der Waals surface area contributed by atoms with Gasteiger partial charge in [0.2, 0.25) is 0 Å². The molecule has 0 aliphatic carbocycles. The molecule has 1 saturated heterocycles. The van der Waals surface area contributed by atoms with Crippen LogP contribution in [0.5, 0.6) is 11.5 Å². The van der Waals surface area contributed by atoms with E-state index in [2.05, 4.69) is 0 Å². The number of carbonyl (C=O) groups is 1. The lowest BCUT2D eigenvalue weighted by atomic mass is 10.1. The maximum atomic E-state index is 11.9. The molecule has 0 radical (unpaired) electrons. The fraction of sp³-hybridized carbons (Fsp3) is 0.500. The summed E-state index contributed by atoms with van der Waals surface area (Å²) in [7, 11) is 0. The molecule has 1 fully saturated rings. The summed E-state index contributed by atoms with van der Waals surface area (Å²) in [6.07, 6.45) is 3.37. The zero-order chi connectivity index (χ0) is 13.0. The highest BCUT2D eigenvalue weighted by atomic mass is 16.5. The van der Waals surface area contributed by atoms with Crippen molar-refractivity contribution in [1.82, 2.24) is 4.90 Å². The van der Waals surface area contributed by atoms with E-state index >= 15 is 0 Å². The number of piperidine rings is 1. The fourth-order valence-electron chi connectivity index (χ4n) is 2.19. The number of carbonyl (C=O) groups excluding carboxylic acids is 1. The van der Waals surface area contributed by atoms with Gasteiger partial charge in [-0.05, 0) is 43.9 Å². The van der Waals surface area contributed by atoms with Crippen LogP contribution in [-0.2, 0) is 4.79 Å². The van der Waals surface area contributed by atoms with Gasteiger partial charge in [0, 0.05) is 19.2 Å². The summed E-state index contributed by atoms with van der Waals surface area (Å²) in [5, 5.41) is 9.43. The first-order chi connectivity index (χ1) is 8.65. The molecule has 4 heteroatoms. The Morgan fingerprint density at radius 3 is 2.67 bits per heavy atom. The van der Waals surface area contributed by atoms with E-state index in [4.69, 9.17) is 4.74 Å². The molecular weight excluding hydrogens is 230 g/mol. The van der Waals surface area contributed by atoms with Gasteiger partial charge in [0.15, 0.2) is 6.61 Å². The molecule has 18 heavy (non-hydrogen) atoms. The van der Waals surface area contributed by atoms with Crippen molar-refractivity contribution < 1.29 is 14.6 Å². The van der Waals surface area contributed by atoms with E-state index in [1.165, 1.54) is 12.5 Å². The van der Waals surface area contributed by atoms with Crippen molar-refractivity contribution in [2.75, 3.05) is 19.7 Å². The Morgan fingerprint density at radius 2 is 2.00 bits per heavy atom. The minimum atomic E-state index is 0.0238. The molecule has 98 valence electrons. The number of hydrogen-bond acceptors (Lipinski definition) is 3. The molecule has 0 aromatic heterocycles. The number of benzene rings is 1. The summed E-state index contributed by atoms with van der Waals surface area (Å²) in [5.41, 5.74) is 0.912. The van der Waals surface area contributed by atoms with Crippen molar-refractivity contribution in [1.29, 1.82) is 0 Å². The van der Waals surface area contributed by atoms with Gasteiger partial charge in [-0.2, -0.15) is 0 Å². The molecule has 0 spiro atoms. The second kappa shape index (κ2) is 5.76. The summed E-state index contributed by atoms with van der Waals surface area (Å²) < 4.78 is 5.43. The first kappa shape index (κ1) is 12.7. The topological polar surface area (TPSA) is 49.8 Å². The summed E-state index contributed by atoms with van der Waals surface area (Å²) in [6, 6.07) is 4.99. The lowest BCUT2D eigenvalue weighted by Gasteiger charge is -2.26. The molecule has 1 heterocycles. The van der Waals surface area contributed by atoms with Gasteiger partial charge in [-0.15, -0.1) is 0 Å². The Hall–Kier alpha value is -1.71. The summed E-state index contributed by atoms with van der Waals surface area (Å²) >= 11 is 0. The van der Waals surface area contributed by atoms with Crippen LogP contribution in [0, 0.1) is 6.92 Å². The Labute approximate surface area is 107 Å². The maximum absolute atomic E-state index is 11.9. The SMILES string of the molecule is Cc1cc(O)cc(OCC(=O)N2CCCCC2)c1. The van der Waals surface area contributed by atoms with Crippen LogP contribution in [0.25, 0.3) is 0 Å². The predicted octanol–water partition coefficient (Wildman–Crippen LogP) is 2.09. The van der Waals surface area contributed by atoms with Gasteiger partial charge in [0.05, 0.1) is 0 Å². The molecule has 4 nitrogen and oxygen atoms in total. The zero-order valence-corrected chi connectivity index (χ0v) is 10.7. The molecule has 1 aliphatic heterocycles. The fourth-order valence-corrected chi connectivity index (χ4v) is 2.19. The van der Waals surface area contributed by atoms with E-state index < -0.39 is 0 Å². The van der Waals surface area contributed by atoms with Crippen molar-refractivity contribution in [3.63, 3.8) is 0 Å². The molecule has 0 unspecified atom stereocenters. The number of ether oxygens (including phenoxy) is 1. The number of aromatic hydroxyl groups is 1. The van der Waals surface area contributed by atoms with E-state index in [0.717, 1.165) is 31.5 Å². The number of amides is 1. The predicted molar refractivity (Wildman–Crippen MR) is 68.8 cm³/mol. The largest absolute Gasteiger partial charge is 0.508 e. The van der Waals surface area contributed by atoms with Gasteiger partial charge in [-0.25, -0.2) is 0 Å². The van der Waals surface area contributed by atoms with Gasteiger partial charge in [-0.3, -0.25) is 4.79 Å². The third kappa shape index (κ3) is 3.39. The zero-order valence-electron chi connectivity index (χ0n) is 10.7. The minimum absolute atomic E-state index is 0.0238. The molecule has 1 aromatic rings. The highest BCUT2D eigenvalue weighted by molar-refractivity contribution is 5.77. The molecular formula is C14H19NO3. The molecule has 1 N–H and O–H groups in total. The van der Waals surface area contributed by atoms with Crippen LogP contribution in [0.4, 0.5) is 0 Å². The third-order valence-corrected chi connectivity index (χ3v) is 3.11. The van der Waals surface area contributed by atoms with Crippen molar-refractivity contribution in [3.8, 4) is 11.5 Å². The summed E-state index contributed by atoms with van der Waals surface area (Å²) in [6.45, 7) is 3.59. The lowest BCUT2D eigenvalue weighted by molar-refractivity contribution is -0.134. The van der Waals surface area contributed by atoms with Crippen LogP contribution in [0.2, 0.25) is 0 Å². The number of rotatable bonds is 3. The third-order valence-electron chi connectivity index (χ3n) is 3.11. The second-order valence-electron chi connectivity index (χ2n) is 4.73. The molecule has 1 amide bonds. The number of nitrogens with zero attached hydrogens (tertiary/aromatic N) is 1. The normalized spacial score (nSPS) is 15.5. The molecule has 2 rings (SSSR count). The number of aryl methyl sites for hydroxylation is 1. The smallest absolute Gasteiger partial charge is 0.260 e. The van der Waals surface area contributed by atoms with E-state index in [1.54, 1.807) is 6.07 Å². The van der Waals surface area contributed by atoms with Gasteiger partial charge >= 0.3 is 0 Å². The number of hydrogen-bond donors (Lipinski definition) is 1. The maximum Gasteiger partial charge on any atom is 0.260 e. The van der Waals surface area contributed by atoms with Crippen molar-refractivity contribution in [2.45, 2.75) is 26.2 Å². The van der Waals surface area contributed by atoms with E-state index in [9.17, 15) is 9.90 Å². The Bertz CT molecular complexity index is 405. The lowest BCUT2D eigenvalue weighted by Crippen LogP contribution is -2.38. The number of likely N-dealkylation sites (tertiary alicyclic amines) is 1. The molecule has 0 bridgehead atoms. The van der Waals surface area contributed by atoms with Crippen LogP contribution in [0.3, 0.4) is 0 Å². The van der Waals surface area contributed by atoms with Crippen molar-refractivity contribution >= 4 is 5.91 Å². The Balaban J connectivity index is 1.88. The monoisotopic (exact) mass is 249 g/mol. The summed E-state index contributed by atoms with van der Waals surface area (Å²) in [5.74, 6) is 0.726. The Kier molecular flexibility index (Phi) is 4.07. The quantitative estimate of drug-likeness (QED) is 0.892. The van der Waals surface area contributed by atoms with E-state index in [-0.39, 0.29) is 18.3 Å². The van der Waals surface area contributed by atoms with Crippen LogP contribution in [0.15, 0.2) is 18.2 Å². The average Bonchev–Trinajstić information content (AvgIpc) is 2.36. The van der Waals surface area contributed by atoms with Crippen molar-refractivity contribution in [2.24, 2.45) is 0 Å². The van der Waals surface area contributed by atoms with Crippen LogP contribution >= 0.6 is 0 Å². The van der Waals surface area contributed by atoms with Gasteiger partial charge in [0.25, 0.3) is 5.91 Å². The van der Waals surface area contributed by atoms with Crippen LogP contribution in [-0.4, -0.2) is 35.6 Å². The first-order valence-corrected chi connectivity index (χ1v) is 6.36. The molecule has 1 aliphatic rings. The van der Waals surface area contributed by atoms with Crippen LogP contribution < -0.4 is 4.74 Å². The van der Waals surface area contributed by atoms with E-state index in [1.807, 2.05) is 17.9 Å². The average molecular weight is 249 g/mol. The minimum Gasteiger partial charge on any atom is -0.508 e. The standard InChI is InChI=1S/C14H19NO3/c1-11-7-12(16)9-13(8-11)18-10-14(17)15-5-3-2-4-6-15/h7-9,16H,2-6,10H2,1H3. The van der Waals surface area contributed by atoms with Gasteiger partial charge in [-0.1, -0.05) is 0 Å². The second-order valence-corrected chi connectivity index (χ2v) is 4.73. The van der Waals surface area contributed by atoms with Gasteiger partial charge in [0.1, 0.15) is 11.5 Å². The molecule has 0 saturated carbocycles. The number of phenolic OH excluding ortho intramolecular Hbond substituents is 1. The number of phenols is 1. The van der Waals surface area contributed by atoms with E-state index in [0.29, 0.717) is 5.75 Å². The van der Waals surface area contributed by atoms with Crippen molar-refractivity contribution in [3.05, 3.63) is 23.8 Å². The molecule has 0 atom stereocenters. The van der Waals surface area contributed by atoms with Gasteiger partial charge < -0.3 is 14.7 Å². The summed E-state index contributed by atoms with van der Waals surface area (Å²) in [4.78, 5) is 13.7. The highest BCUT2D eigenvalue weighted by Crippen LogP contribution is 2.21. The van der Waals surface area contributed by atoms with Crippen LogP contribution in [0.1, 0.15) is 24.8 Å². The Morgan fingerprint density at radius 1 is 1.28 bits per heavy atom.